The lowest BCUT2D eigenvalue weighted by molar-refractivity contribution is -0.141. The molecule has 1 spiro atoms. The molecule has 5 nitrogen and oxygen atoms in total. The minimum absolute atomic E-state index is 0.0314. The number of nitrogens with one attached hydrogen (secondary N) is 1. The van der Waals surface area contributed by atoms with E-state index in [0.29, 0.717) is 24.2 Å². The Balaban J connectivity index is 1.24. The molecule has 1 N–H and O–H groups in total. The van der Waals surface area contributed by atoms with Crippen LogP contribution < -0.4 is 5.32 Å². The molecule has 3 fully saturated rings. The zero-order valence-electron chi connectivity index (χ0n) is 14.1. The number of imide groups is 1. The summed E-state index contributed by atoms with van der Waals surface area (Å²) in [7, 11) is 0. The average Bonchev–Trinajstić information content (AvgIpc) is 3.32. The number of carbonyl (C=O) groups is 3. The van der Waals surface area contributed by atoms with Crippen LogP contribution in [-0.2, 0) is 14.4 Å². The second-order valence-electron chi connectivity index (χ2n) is 8.11. The molecule has 0 aromatic rings. The van der Waals surface area contributed by atoms with Crippen molar-refractivity contribution in [1.82, 2.24) is 10.2 Å². The van der Waals surface area contributed by atoms with Crippen molar-refractivity contribution in [2.24, 2.45) is 23.2 Å². The van der Waals surface area contributed by atoms with Crippen molar-refractivity contribution < 1.29 is 14.4 Å². The highest BCUT2D eigenvalue weighted by molar-refractivity contribution is 6.06. The Kier molecular flexibility index (Phi) is 3.97. The van der Waals surface area contributed by atoms with Crippen LogP contribution in [0, 0.1) is 23.2 Å². The number of hydrogen-bond acceptors (Lipinski definition) is 3. The quantitative estimate of drug-likeness (QED) is 0.619. The van der Waals surface area contributed by atoms with Gasteiger partial charge >= 0.3 is 0 Å². The third kappa shape index (κ3) is 2.68. The molecule has 0 aromatic heterocycles. The summed E-state index contributed by atoms with van der Waals surface area (Å²) in [4.78, 5) is 38.2. The van der Waals surface area contributed by atoms with E-state index in [4.69, 9.17) is 0 Å². The molecule has 4 rings (SSSR count). The van der Waals surface area contributed by atoms with Gasteiger partial charge < -0.3 is 5.32 Å². The third-order valence-electron chi connectivity index (χ3n) is 6.59. The minimum atomic E-state index is -0.428. The number of likely N-dealkylation sites (tertiary alicyclic amines) is 1. The van der Waals surface area contributed by atoms with E-state index in [1.807, 2.05) is 0 Å². The van der Waals surface area contributed by atoms with Crippen LogP contribution in [0.4, 0.5) is 0 Å². The molecular formula is C19H26N2O3. The third-order valence-corrected chi connectivity index (χ3v) is 6.59. The van der Waals surface area contributed by atoms with Gasteiger partial charge in [-0.25, -0.2) is 0 Å². The fourth-order valence-electron chi connectivity index (χ4n) is 5.20. The first-order valence-electron chi connectivity index (χ1n) is 9.37. The molecule has 0 unspecified atom stereocenters. The molecule has 0 radical (unpaired) electrons. The zero-order valence-corrected chi connectivity index (χ0v) is 14.1. The Morgan fingerprint density at radius 1 is 1.21 bits per heavy atom. The highest BCUT2D eigenvalue weighted by atomic mass is 16.2. The van der Waals surface area contributed by atoms with Gasteiger partial charge in [-0.15, -0.1) is 0 Å². The van der Waals surface area contributed by atoms with Crippen LogP contribution in [0.3, 0.4) is 0 Å². The normalized spacial score (nSPS) is 33.2. The van der Waals surface area contributed by atoms with E-state index >= 15 is 0 Å². The summed E-state index contributed by atoms with van der Waals surface area (Å²) in [5.41, 5.74) is -0.428. The summed E-state index contributed by atoms with van der Waals surface area (Å²) in [5.74, 6) is 1.72. The number of rotatable bonds is 5. The van der Waals surface area contributed by atoms with Gasteiger partial charge in [0, 0.05) is 25.9 Å². The van der Waals surface area contributed by atoms with Crippen LogP contribution in [0.15, 0.2) is 12.2 Å². The molecule has 3 atom stereocenters. The van der Waals surface area contributed by atoms with E-state index in [0.717, 1.165) is 32.2 Å². The molecule has 2 bridgehead atoms. The lowest BCUT2D eigenvalue weighted by Gasteiger charge is -2.21. The van der Waals surface area contributed by atoms with Gasteiger partial charge in [0.1, 0.15) is 0 Å². The maximum Gasteiger partial charge on any atom is 0.235 e. The van der Waals surface area contributed by atoms with E-state index in [1.165, 1.54) is 17.7 Å². The molecule has 3 aliphatic carbocycles. The highest BCUT2D eigenvalue weighted by Gasteiger charge is 2.52. The summed E-state index contributed by atoms with van der Waals surface area (Å²) >= 11 is 0. The highest BCUT2D eigenvalue weighted by Crippen LogP contribution is 2.47. The van der Waals surface area contributed by atoms with E-state index < -0.39 is 5.41 Å². The van der Waals surface area contributed by atoms with Crippen LogP contribution in [0.25, 0.3) is 0 Å². The second-order valence-corrected chi connectivity index (χ2v) is 8.11. The molecule has 1 aliphatic heterocycles. The first-order valence-corrected chi connectivity index (χ1v) is 9.37. The smallest absolute Gasteiger partial charge is 0.235 e. The summed E-state index contributed by atoms with van der Waals surface area (Å²) in [6, 6.07) is 0. The Hall–Kier alpha value is -1.65. The van der Waals surface area contributed by atoms with Crippen molar-refractivity contribution >= 4 is 17.7 Å². The van der Waals surface area contributed by atoms with Crippen molar-refractivity contribution in [1.29, 1.82) is 0 Å². The van der Waals surface area contributed by atoms with E-state index in [9.17, 15) is 14.4 Å². The number of nitrogens with zero attached hydrogens (tertiary/aromatic N) is 1. The maximum absolute atomic E-state index is 12.6. The Morgan fingerprint density at radius 3 is 2.67 bits per heavy atom. The van der Waals surface area contributed by atoms with Crippen molar-refractivity contribution in [2.45, 2.75) is 51.4 Å². The van der Waals surface area contributed by atoms with Crippen molar-refractivity contribution in [3.63, 3.8) is 0 Å². The van der Waals surface area contributed by atoms with Crippen LogP contribution in [0.5, 0.6) is 0 Å². The van der Waals surface area contributed by atoms with Gasteiger partial charge in [0.2, 0.25) is 17.7 Å². The van der Waals surface area contributed by atoms with Gasteiger partial charge in [-0.2, -0.15) is 0 Å². The Morgan fingerprint density at radius 2 is 2.00 bits per heavy atom. The topological polar surface area (TPSA) is 66.5 Å². The number of amides is 3. The number of carbonyl (C=O) groups excluding carboxylic acids is 3. The predicted octanol–water partition coefficient (Wildman–Crippen LogP) is 2.02. The first kappa shape index (κ1) is 15.9. The lowest BCUT2D eigenvalue weighted by atomic mass is 9.84. The van der Waals surface area contributed by atoms with Gasteiger partial charge in [0.25, 0.3) is 0 Å². The largest absolute Gasteiger partial charge is 0.356 e. The molecule has 24 heavy (non-hydrogen) atoms. The summed E-state index contributed by atoms with van der Waals surface area (Å²) in [6.07, 6.45) is 11.3. The Labute approximate surface area is 142 Å². The molecule has 2 saturated carbocycles. The number of fused-ring (bicyclic) bond motifs is 2. The van der Waals surface area contributed by atoms with Crippen molar-refractivity contribution in [3.8, 4) is 0 Å². The first-order chi connectivity index (χ1) is 11.6. The zero-order chi connectivity index (χ0) is 16.7. The molecule has 130 valence electrons. The predicted molar refractivity (Wildman–Crippen MR) is 88.7 cm³/mol. The van der Waals surface area contributed by atoms with Gasteiger partial charge in [0.05, 0.1) is 5.41 Å². The molecular weight excluding hydrogens is 304 g/mol. The van der Waals surface area contributed by atoms with E-state index in [2.05, 4.69) is 17.5 Å². The van der Waals surface area contributed by atoms with Crippen LogP contribution >= 0.6 is 0 Å². The van der Waals surface area contributed by atoms with Crippen molar-refractivity contribution in [3.05, 3.63) is 12.2 Å². The van der Waals surface area contributed by atoms with Gasteiger partial charge in [-0.3, -0.25) is 19.3 Å². The molecule has 1 heterocycles. The van der Waals surface area contributed by atoms with Crippen LogP contribution in [0.2, 0.25) is 0 Å². The molecule has 0 aromatic carbocycles. The van der Waals surface area contributed by atoms with E-state index in [-0.39, 0.29) is 30.7 Å². The maximum atomic E-state index is 12.6. The number of allylic oxidation sites excluding steroid dienone is 2. The average molecular weight is 330 g/mol. The molecule has 4 aliphatic rings. The summed E-state index contributed by atoms with van der Waals surface area (Å²) in [6.45, 7) is 0.956. The SMILES string of the molecule is O=C(CCN1C(=O)CC2(CCCC2)C1=O)NC[C@H]1C[C@H]2C=C[C@H]1C2. The molecule has 5 heteroatoms. The standard InChI is InChI=1S/C19H26N2O3/c22-16(20-12-15-10-13-3-4-14(15)9-13)5-8-21-17(23)11-19(18(21)24)6-1-2-7-19/h3-4,13-15H,1-2,5-12H2,(H,20,22)/t13-,14-,15+/m0/s1. The fraction of sp³-hybridized carbons (Fsp3) is 0.737. The number of hydrogen-bond donors (Lipinski definition) is 1. The van der Waals surface area contributed by atoms with Gasteiger partial charge in [0.15, 0.2) is 0 Å². The summed E-state index contributed by atoms with van der Waals surface area (Å²) in [5, 5.41) is 3.00. The summed E-state index contributed by atoms with van der Waals surface area (Å²) < 4.78 is 0. The van der Waals surface area contributed by atoms with E-state index in [1.54, 1.807) is 0 Å². The van der Waals surface area contributed by atoms with Crippen LogP contribution in [0.1, 0.15) is 51.4 Å². The van der Waals surface area contributed by atoms with Gasteiger partial charge in [-0.1, -0.05) is 25.0 Å². The fourth-order valence-corrected chi connectivity index (χ4v) is 5.20. The molecule has 3 amide bonds. The monoisotopic (exact) mass is 330 g/mol. The lowest BCUT2D eigenvalue weighted by Crippen LogP contribution is -2.38. The Bertz CT molecular complexity index is 591. The minimum Gasteiger partial charge on any atom is -0.356 e. The van der Waals surface area contributed by atoms with Crippen LogP contribution in [-0.4, -0.2) is 35.7 Å². The van der Waals surface area contributed by atoms with Gasteiger partial charge in [-0.05, 0) is 43.4 Å². The second kappa shape index (κ2) is 6.01. The molecule has 1 saturated heterocycles. The van der Waals surface area contributed by atoms with Crippen molar-refractivity contribution in [2.75, 3.05) is 13.1 Å².